The molecule has 1 saturated heterocycles. The van der Waals surface area contributed by atoms with Crippen molar-refractivity contribution < 1.29 is 8.78 Å². The summed E-state index contributed by atoms with van der Waals surface area (Å²) in [6.07, 6.45) is 6.33. The summed E-state index contributed by atoms with van der Waals surface area (Å²) in [4.78, 5) is 21.8. The van der Waals surface area contributed by atoms with Crippen LogP contribution in [0.3, 0.4) is 0 Å². The van der Waals surface area contributed by atoms with Crippen LogP contribution >= 0.6 is 11.9 Å². The molecule has 1 atom stereocenters. The van der Waals surface area contributed by atoms with Gasteiger partial charge in [0.2, 0.25) is 5.95 Å². The molecule has 0 bridgehead atoms. The maximum atomic E-state index is 13.5. The minimum atomic E-state index is -2.83. The summed E-state index contributed by atoms with van der Waals surface area (Å²) in [7, 11) is 0. The van der Waals surface area contributed by atoms with Gasteiger partial charge in [0.1, 0.15) is 5.65 Å². The molecule has 3 heterocycles. The zero-order valence-corrected chi connectivity index (χ0v) is 17.4. The number of nitrogens with zero attached hydrogens (tertiary/aromatic N) is 4. The Labute approximate surface area is 172 Å². The van der Waals surface area contributed by atoms with E-state index in [2.05, 4.69) is 31.9 Å². The summed E-state index contributed by atoms with van der Waals surface area (Å²) in [5, 5.41) is 3.83. The quantitative estimate of drug-likeness (QED) is 0.578. The molecule has 9 heteroatoms. The van der Waals surface area contributed by atoms with Crippen LogP contribution in [-0.2, 0) is 0 Å². The van der Waals surface area contributed by atoms with Crippen molar-refractivity contribution in [1.29, 1.82) is 0 Å². The van der Waals surface area contributed by atoms with E-state index in [-0.39, 0.29) is 12.1 Å². The zero-order chi connectivity index (χ0) is 20.5. The molecular weight excluding hydrogens is 396 g/mol. The highest BCUT2D eigenvalue weighted by molar-refractivity contribution is 7.96. The third kappa shape index (κ3) is 4.02. The molecule has 0 saturated carbocycles. The first-order valence-corrected chi connectivity index (χ1v) is 11.1. The largest absolute Gasteiger partial charge is 0.351 e. The van der Waals surface area contributed by atoms with Crippen LogP contribution < -0.4 is 10.9 Å². The highest BCUT2D eigenvalue weighted by atomic mass is 32.2. The predicted molar refractivity (Wildman–Crippen MR) is 113 cm³/mol. The van der Waals surface area contributed by atoms with Crippen molar-refractivity contribution in [3.8, 4) is 0 Å². The van der Waals surface area contributed by atoms with Gasteiger partial charge in [0.05, 0.1) is 11.6 Å². The maximum Gasteiger partial charge on any atom is 0.269 e. The average molecular weight is 422 g/mol. The van der Waals surface area contributed by atoms with Gasteiger partial charge in [0.15, 0.2) is 0 Å². The summed E-state index contributed by atoms with van der Waals surface area (Å²) in [6.45, 7) is 3.91. The molecule has 0 amide bonds. The second-order valence-electron chi connectivity index (χ2n) is 7.62. The van der Waals surface area contributed by atoms with Crippen LogP contribution in [-0.4, -0.2) is 44.2 Å². The van der Waals surface area contributed by atoms with Crippen molar-refractivity contribution in [3.05, 3.63) is 39.8 Å². The lowest BCUT2D eigenvalue weighted by molar-refractivity contribution is 0.149. The van der Waals surface area contributed by atoms with Crippen molar-refractivity contribution in [2.24, 2.45) is 0 Å². The Balaban J connectivity index is 1.72. The predicted octanol–water partition coefficient (Wildman–Crippen LogP) is 4.16. The van der Waals surface area contributed by atoms with Gasteiger partial charge in [-0.3, -0.25) is 13.7 Å². The van der Waals surface area contributed by atoms with Crippen LogP contribution in [0.5, 0.6) is 0 Å². The van der Waals surface area contributed by atoms with Crippen LogP contribution in [0.2, 0.25) is 0 Å². The highest BCUT2D eigenvalue weighted by Crippen LogP contribution is 2.32. The summed E-state index contributed by atoms with van der Waals surface area (Å²) in [5.74, 6) is 0.442. The van der Waals surface area contributed by atoms with Gasteiger partial charge in [-0.25, -0.2) is 13.8 Å². The third-order valence-electron chi connectivity index (χ3n) is 5.83. The molecule has 1 unspecified atom stereocenters. The molecule has 4 rings (SSSR count). The number of allylic oxidation sites excluding steroid dienone is 2. The minimum Gasteiger partial charge on any atom is -0.351 e. The standard InChI is InChI=1S/C20H25F2N5OS/c1-12-4-3-5-16(12)27-18-13(10-15(17(21)22)19(27)28)11-23-20(25-18)24-14-6-8-26(29-2)9-7-14/h4,10-11,14,16-17H,3,5-9H2,1-2H3,(H,23,24,25). The van der Waals surface area contributed by atoms with E-state index in [0.717, 1.165) is 37.9 Å². The van der Waals surface area contributed by atoms with Gasteiger partial charge in [0.25, 0.3) is 12.0 Å². The normalized spacial score (nSPS) is 21.1. The van der Waals surface area contributed by atoms with Crippen molar-refractivity contribution in [2.75, 3.05) is 24.7 Å². The molecule has 2 aromatic heterocycles. The first-order chi connectivity index (χ1) is 14.0. The SMILES string of the molecule is CSN1CCC(Nc2ncc3cc(C(F)F)c(=O)n(C4CCC=C4C)c3n2)CC1. The molecule has 0 aromatic carbocycles. The van der Waals surface area contributed by atoms with Crippen molar-refractivity contribution in [2.45, 2.75) is 51.1 Å². The summed E-state index contributed by atoms with van der Waals surface area (Å²) >= 11 is 1.75. The van der Waals surface area contributed by atoms with Crippen molar-refractivity contribution >= 4 is 28.9 Å². The monoisotopic (exact) mass is 421 g/mol. The van der Waals surface area contributed by atoms with Crippen molar-refractivity contribution in [1.82, 2.24) is 18.8 Å². The molecule has 1 aliphatic carbocycles. The molecule has 2 aromatic rings. The van der Waals surface area contributed by atoms with E-state index < -0.39 is 17.5 Å². The lowest BCUT2D eigenvalue weighted by Crippen LogP contribution is -2.36. The number of piperidine rings is 1. The van der Waals surface area contributed by atoms with Crippen LogP contribution in [0.25, 0.3) is 11.0 Å². The van der Waals surface area contributed by atoms with E-state index in [9.17, 15) is 13.6 Å². The van der Waals surface area contributed by atoms with Gasteiger partial charge in [-0.1, -0.05) is 23.6 Å². The Bertz CT molecular complexity index is 985. The Kier molecular flexibility index (Phi) is 5.87. The van der Waals surface area contributed by atoms with Crippen LogP contribution in [0.15, 0.2) is 28.7 Å². The van der Waals surface area contributed by atoms with Crippen molar-refractivity contribution in [3.63, 3.8) is 0 Å². The van der Waals surface area contributed by atoms with Crippen LogP contribution in [0.4, 0.5) is 14.7 Å². The molecule has 1 fully saturated rings. The number of alkyl halides is 2. The number of rotatable bonds is 5. The Morgan fingerprint density at radius 1 is 1.28 bits per heavy atom. The number of nitrogens with one attached hydrogen (secondary N) is 1. The first-order valence-electron chi connectivity index (χ1n) is 9.90. The van der Waals surface area contributed by atoms with E-state index in [1.807, 2.05) is 6.92 Å². The third-order valence-corrected chi connectivity index (χ3v) is 6.71. The molecule has 29 heavy (non-hydrogen) atoms. The van der Waals surface area contributed by atoms with Gasteiger partial charge in [-0.15, -0.1) is 0 Å². The van der Waals surface area contributed by atoms with Crippen LogP contribution in [0, 0.1) is 0 Å². The van der Waals surface area contributed by atoms with E-state index in [4.69, 9.17) is 0 Å². The number of hydrogen-bond acceptors (Lipinski definition) is 6. The number of aromatic nitrogens is 3. The number of fused-ring (bicyclic) bond motifs is 1. The molecule has 156 valence electrons. The minimum absolute atomic E-state index is 0.240. The van der Waals surface area contributed by atoms with Gasteiger partial charge < -0.3 is 5.32 Å². The number of hydrogen-bond donors (Lipinski definition) is 1. The second kappa shape index (κ2) is 8.39. The molecule has 1 aliphatic heterocycles. The molecule has 0 radical (unpaired) electrons. The number of pyridine rings is 1. The highest BCUT2D eigenvalue weighted by Gasteiger charge is 2.26. The number of halogens is 2. The summed E-state index contributed by atoms with van der Waals surface area (Å²) in [5.41, 5.74) is 0.270. The molecule has 1 N–H and O–H groups in total. The fourth-order valence-corrected chi connectivity index (χ4v) is 4.76. The lowest BCUT2D eigenvalue weighted by Gasteiger charge is -2.30. The summed E-state index contributed by atoms with van der Waals surface area (Å²) < 4.78 is 30.7. The van der Waals surface area contributed by atoms with E-state index in [0.29, 0.717) is 23.4 Å². The Morgan fingerprint density at radius 2 is 2.03 bits per heavy atom. The smallest absolute Gasteiger partial charge is 0.269 e. The first kappa shape index (κ1) is 20.3. The molecule has 2 aliphatic rings. The van der Waals surface area contributed by atoms with Gasteiger partial charge >= 0.3 is 0 Å². The second-order valence-corrected chi connectivity index (χ2v) is 8.50. The van der Waals surface area contributed by atoms with E-state index >= 15 is 0 Å². The maximum absolute atomic E-state index is 13.5. The lowest BCUT2D eigenvalue weighted by atomic mass is 10.1. The zero-order valence-electron chi connectivity index (χ0n) is 16.6. The molecule has 0 spiro atoms. The van der Waals surface area contributed by atoms with E-state index in [1.165, 1.54) is 16.8 Å². The van der Waals surface area contributed by atoms with E-state index in [1.54, 1.807) is 11.9 Å². The average Bonchev–Trinajstić information content (AvgIpc) is 3.13. The molecular formula is C20H25F2N5OS. The topological polar surface area (TPSA) is 63.1 Å². The van der Waals surface area contributed by atoms with Crippen LogP contribution in [0.1, 0.15) is 50.6 Å². The van der Waals surface area contributed by atoms with Gasteiger partial charge in [-0.2, -0.15) is 4.98 Å². The Hall–Kier alpha value is -2.00. The fraction of sp³-hybridized carbons (Fsp3) is 0.550. The fourth-order valence-electron chi connectivity index (χ4n) is 4.19. The summed E-state index contributed by atoms with van der Waals surface area (Å²) in [6, 6.07) is 1.24. The molecule has 6 nitrogen and oxygen atoms in total. The number of anilines is 1. The Morgan fingerprint density at radius 3 is 2.66 bits per heavy atom. The van der Waals surface area contributed by atoms with Gasteiger partial charge in [0, 0.05) is 30.7 Å². The van der Waals surface area contributed by atoms with Gasteiger partial charge in [-0.05, 0) is 44.9 Å².